The maximum atomic E-state index is 11.8. The minimum absolute atomic E-state index is 0.219. The number of hydrogen-bond acceptors (Lipinski definition) is 9. The third-order valence-corrected chi connectivity index (χ3v) is 3.35. The molecule has 0 radical (unpaired) electrons. The van der Waals surface area contributed by atoms with Gasteiger partial charge in [-0.1, -0.05) is 30.3 Å². The zero-order valence-corrected chi connectivity index (χ0v) is 17.8. The Kier molecular flexibility index (Phi) is 9.97. The summed E-state index contributed by atoms with van der Waals surface area (Å²) in [7, 11) is 0. The number of hydrogen-bond donors (Lipinski definition) is 0. The van der Waals surface area contributed by atoms with Crippen LogP contribution in [0.4, 0.5) is 0 Å². The van der Waals surface area contributed by atoms with Crippen molar-refractivity contribution in [3.05, 3.63) is 35.9 Å². The summed E-state index contributed by atoms with van der Waals surface area (Å²) in [5, 5.41) is 0. The van der Waals surface area contributed by atoms with Crippen LogP contribution >= 0.6 is 0 Å². The van der Waals surface area contributed by atoms with Crippen molar-refractivity contribution in [2.24, 2.45) is 0 Å². The Morgan fingerprint density at radius 2 is 1.37 bits per heavy atom. The molecule has 1 aromatic rings. The maximum Gasteiger partial charge on any atom is 0.347 e. The molecule has 0 aromatic heterocycles. The van der Waals surface area contributed by atoms with Crippen molar-refractivity contribution in [2.75, 3.05) is 13.2 Å². The quantitative estimate of drug-likeness (QED) is 0.410. The van der Waals surface area contributed by atoms with E-state index in [0.29, 0.717) is 0 Å². The molecule has 2 unspecified atom stereocenters. The second-order valence-corrected chi connectivity index (χ2v) is 7.38. The first-order valence-corrected chi connectivity index (χ1v) is 9.38. The summed E-state index contributed by atoms with van der Waals surface area (Å²) in [6.07, 6.45) is -2.40. The molecule has 1 rings (SSSR count). The molecule has 0 fully saturated rings. The van der Waals surface area contributed by atoms with Crippen molar-refractivity contribution in [1.82, 2.24) is 0 Å². The Labute approximate surface area is 175 Å². The van der Waals surface area contributed by atoms with Crippen LogP contribution in [-0.2, 0) is 49.5 Å². The number of benzene rings is 1. The van der Waals surface area contributed by atoms with Gasteiger partial charge in [-0.05, 0) is 40.2 Å². The van der Waals surface area contributed by atoms with Gasteiger partial charge in [-0.15, -0.1) is 0 Å². The predicted octanol–water partition coefficient (Wildman–Crippen LogP) is 1.95. The van der Waals surface area contributed by atoms with E-state index in [1.165, 1.54) is 13.8 Å². The van der Waals surface area contributed by atoms with Gasteiger partial charge in [0.2, 0.25) is 0 Å². The molecule has 166 valence electrons. The molecular weight excluding hydrogens is 396 g/mol. The van der Waals surface area contributed by atoms with E-state index >= 15 is 0 Å². The average Bonchev–Trinajstić information content (AvgIpc) is 2.65. The van der Waals surface area contributed by atoms with Crippen LogP contribution in [-0.4, -0.2) is 54.9 Å². The fraction of sp³-hybridized carbons (Fsp3) is 0.524. The fourth-order valence-electron chi connectivity index (χ4n) is 2.02. The van der Waals surface area contributed by atoms with Gasteiger partial charge in [0.25, 0.3) is 0 Å². The van der Waals surface area contributed by atoms with Gasteiger partial charge in [-0.2, -0.15) is 0 Å². The first kappa shape index (κ1) is 25.1. The summed E-state index contributed by atoms with van der Waals surface area (Å²) in [5.74, 6) is -3.35. The van der Waals surface area contributed by atoms with E-state index in [4.69, 9.17) is 23.7 Å². The third kappa shape index (κ3) is 10.6. The Morgan fingerprint density at radius 1 is 0.833 bits per heavy atom. The first-order chi connectivity index (χ1) is 14.0. The van der Waals surface area contributed by atoms with Crippen LogP contribution in [0.5, 0.6) is 0 Å². The van der Waals surface area contributed by atoms with Crippen molar-refractivity contribution in [1.29, 1.82) is 0 Å². The molecule has 0 bridgehead atoms. The maximum absolute atomic E-state index is 11.8. The van der Waals surface area contributed by atoms with Crippen LogP contribution < -0.4 is 0 Å². The SMILES string of the molecule is CC(OC(=O)COCc1ccccc1)C(=O)OCC(=O)OC(C)C(=O)OC(C)(C)C. The average molecular weight is 424 g/mol. The highest BCUT2D eigenvalue weighted by Crippen LogP contribution is 2.10. The van der Waals surface area contributed by atoms with E-state index in [9.17, 15) is 19.2 Å². The van der Waals surface area contributed by atoms with Crippen LogP contribution in [0, 0.1) is 0 Å². The van der Waals surface area contributed by atoms with Crippen LogP contribution in [0.2, 0.25) is 0 Å². The Hall–Kier alpha value is -2.94. The zero-order chi connectivity index (χ0) is 22.7. The second kappa shape index (κ2) is 11.9. The van der Waals surface area contributed by atoms with Gasteiger partial charge in [0.15, 0.2) is 18.8 Å². The summed E-state index contributed by atoms with van der Waals surface area (Å²) >= 11 is 0. The number of ether oxygens (including phenoxy) is 5. The second-order valence-electron chi connectivity index (χ2n) is 7.38. The highest BCUT2D eigenvalue weighted by molar-refractivity contribution is 5.83. The third-order valence-electron chi connectivity index (χ3n) is 3.35. The molecule has 0 spiro atoms. The zero-order valence-electron chi connectivity index (χ0n) is 17.8. The van der Waals surface area contributed by atoms with Gasteiger partial charge in [0, 0.05) is 0 Å². The van der Waals surface area contributed by atoms with Gasteiger partial charge in [-0.3, -0.25) is 0 Å². The molecule has 2 atom stereocenters. The van der Waals surface area contributed by atoms with Gasteiger partial charge in [0.05, 0.1) is 6.61 Å². The molecular formula is C21H28O9. The number of carbonyl (C=O) groups is 4. The molecule has 0 saturated carbocycles. The number of esters is 4. The van der Waals surface area contributed by atoms with Crippen molar-refractivity contribution in [3.63, 3.8) is 0 Å². The topological polar surface area (TPSA) is 114 Å². The Morgan fingerprint density at radius 3 is 1.93 bits per heavy atom. The lowest BCUT2D eigenvalue weighted by Crippen LogP contribution is -2.34. The van der Waals surface area contributed by atoms with Crippen molar-refractivity contribution >= 4 is 23.9 Å². The Bertz CT molecular complexity index is 722. The van der Waals surface area contributed by atoms with Gasteiger partial charge in [-0.25, -0.2) is 19.2 Å². The monoisotopic (exact) mass is 424 g/mol. The number of rotatable bonds is 10. The lowest BCUT2D eigenvalue weighted by molar-refractivity contribution is -0.180. The predicted molar refractivity (Wildman–Crippen MR) is 104 cm³/mol. The molecule has 30 heavy (non-hydrogen) atoms. The van der Waals surface area contributed by atoms with E-state index in [2.05, 4.69) is 0 Å². The molecule has 1 aromatic carbocycles. The van der Waals surface area contributed by atoms with E-state index in [1.54, 1.807) is 20.8 Å². The van der Waals surface area contributed by atoms with Gasteiger partial charge in [0.1, 0.15) is 12.2 Å². The van der Waals surface area contributed by atoms with Gasteiger partial charge >= 0.3 is 23.9 Å². The molecule has 0 amide bonds. The molecule has 9 nitrogen and oxygen atoms in total. The highest BCUT2D eigenvalue weighted by Gasteiger charge is 2.26. The summed E-state index contributed by atoms with van der Waals surface area (Å²) in [5.41, 5.74) is 0.158. The van der Waals surface area contributed by atoms with Crippen molar-refractivity contribution in [3.8, 4) is 0 Å². The van der Waals surface area contributed by atoms with Crippen LogP contribution in [0.1, 0.15) is 40.2 Å². The van der Waals surface area contributed by atoms with E-state index in [-0.39, 0.29) is 13.2 Å². The lowest BCUT2D eigenvalue weighted by Gasteiger charge is -2.22. The lowest BCUT2D eigenvalue weighted by atomic mass is 10.2. The Balaban J connectivity index is 2.28. The minimum Gasteiger partial charge on any atom is -0.457 e. The molecule has 0 aliphatic heterocycles. The summed E-state index contributed by atoms with van der Waals surface area (Å²) in [6, 6.07) is 9.23. The van der Waals surface area contributed by atoms with E-state index in [1.807, 2.05) is 30.3 Å². The smallest absolute Gasteiger partial charge is 0.347 e. The largest absolute Gasteiger partial charge is 0.457 e. The standard InChI is InChI=1S/C21H28O9/c1-14(28-17(22)12-26-11-16-9-7-6-8-10-16)19(24)27-13-18(23)29-15(2)20(25)30-21(3,4)5/h6-10,14-15H,11-13H2,1-5H3. The molecule has 0 heterocycles. The van der Waals surface area contributed by atoms with Crippen molar-refractivity contribution < 1.29 is 42.9 Å². The summed E-state index contributed by atoms with van der Waals surface area (Å²) < 4.78 is 24.8. The van der Waals surface area contributed by atoms with Crippen molar-refractivity contribution in [2.45, 2.75) is 59.0 Å². The fourth-order valence-corrected chi connectivity index (χ4v) is 2.02. The summed E-state index contributed by atoms with van der Waals surface area (Å²) in [6.45, 7) is 6.81. The molecule has 0 aliphatic carbocycles. The molecule has 0 saturated heterocycles. The van der Waals surface area contributed by atoms with Crippen LogP contribution in [0.25, 0.3) is 0 Å². The molecule has 0 N–H and O–H groups in total. The van der Waals surface area contributed by atoms with E-state index < -0.39 is 48.3 Å². The normalized spacial score (nSPS) is 13.0. The van der Waals surface area contributed by atoms with Gasteiger partial charge < -0.3 is 23.7 Å². The minimum atomic E-state index is -1.24. The molecule has 9 heteroatoms. The first-order valence-electron chi connectivity index (χ1n) is 9.38. The highest BCUT2D eigenvalue weighted by atomic mass is 16.6. The van der Waals surface area contributed by atoms with Crippen LogP contribution in [0.3, 0.4) is 0 Å². The number of carbonyl (C=O) groups excluding carboxylic acids is 4. The molecule has 0 aliphatic rings. The van der Waals surface area contributed by atoms with Crippen LogP contribution in [0.15, 0.2) is 30.3 Å². The summed E-state index contributed by atoms with van der Waals surface area (Å²) in [4.78, 5) is 47.0. The van der Waals surface area contributed by atoms with E-state index in [0.717, 1.165) is 5.56 Å².